The summed E-state index contributed by atoms with van der Waals surface area (Å²) in [6.45, 7) is 49.8. The number of ether oxygens (including phenoxy) is 9. The van der Waals surface area contributed by atoms with Crippen LogP contribution in [0.3, 0.4) is 0 Å². The van der Waals surface area contributed by atoms with E-state index in [1.54, 1.807) is 28.3 Å². The van der Waals surface area contributed by atoms with Gasteiger partial charge in [0.25, 0.3) is 0 Å². The third kappa shape index (κ3) is 120. The molecule has 0 aromatic heterocycles. The lowest BCUT2D eigenvalue weighted by Crippen LogP contribution is -2.05. The van der Waals surface area contributed by atoms with Gasteiger partial charge in [0, 0.05) is 77.1 Å². The molecule has 0 aliphatic carbocycles. The van der Waals surface area contributed by atoms with Gasteiger partial charge in [-0.15, -0.1) is 13.2 Å². The molecule has 0 unspecified atom stereocenters. The van der Waals surface area contributed by atoms with Crippen molar-refractivity contribution in [2.24, 2.45) is 0 Å². The van der Waals surface area contributed by atoms with Gasteiger partial charge in [0.15, 0.2) is 0 Å². The Morgan fingerprint density at radius 1 is 0.267 bits per heavy atom. The molecule has 0 amide bonds. The molecule has 0 aliphatic heterocycles. The van der Waals surface area contributed by atoms with E-state index in [1.807, 2.05) is 13.8 Å². The van der Waals surface area contributed by atoms with Crippen molar-refractivity contribution in [3.63, 3.8) is 0 Å². The first-order valence-corrected chi connectivity index (χ1v) is 33.8. The Bertz CT molecular complexity index is 1670. The molecule has 15 nitrogen and oxygen atoms in total. The maximum atomic E-state index is 11.0. The van der Waals surface area contributed by atoms with E-state index in [0.29, 0.717) is 45.2 Å². The largest absolute Gasteiger partial charge is 0.463 e. The maximum absolute atomic E-state index is 11.0. The second-order valence-electron chi connectivity index (χ2n) is 21.4. The lowest BCUT2D eigenvalue weighted by Gasteiger charge is -2.04. The van der Waals surface area contributed by atoms with Gasteiger partial charge < -0.3 is 42.6 Å². The van der Waals surface area contributed by atoms with E-state index in [1.165, 1.54) is 157 Å². The minimum absolute atomic E-state index is 0.278. The molecule has 0 aliphatic rings. The first kappa shape index (κ1) is 101. The van der Waals surface area contributed by atoms with E-state index >= 15 is 0 Å². The molecule has 0 atom stereocenters. The van der Waals surface area contributed by atoms with Crippen LogP contribution in [-0.4, -0.2) is 117 Å². The molecule has 0 rings (SSSR count). The summed E-state index contributed by atoms with van der Waals surface area (Å²) in [5.41, 5.74) is 2.96. The number of hydrogen-bond acceptors (Lipinski definition) is 15. The van der Waals surface area contributed by atoms with Crippen molar-refractivity contribution < 1.29 is 71.4 Å². The Hall–Kier alpha value is -5.38. The van der Waals surface area contributed by atoms with Crippen molar-refractivity contribution >= 4 is 35.8 Å². The number of carbonyl (C=O) groups excluding carboxylic acids is 6. The summed E-state index contributed by atoms with van der Waals surface area (Å²) in [6, 6.07) is 0. The summed E-state index contributed by atoms with van der Waals surface area (Å²) in [6.07, 6.45) is 44.4. The molecule has 0 spiro atoms. The van der Waals surface area contributed by atoms with Crippen molar-refractivity contribution in [2.75, 3.05) is 80.8 Å². The van der Waals surface area contributed by atoms with Crippen molar-refractivity contribution in [2.45, 2.75) is 267 Å². The van der Waals surface area contributed by atoms with Crippen molar-refractivity contribution in [3.8, 4) is 0 Å². The Morgan fingerprint density at radius 3 is 0.722 bits per heavy atom. The van der Waals surface area contributed by atoms with Crippen LogP contribution in [0.15, 0.2) is 99.7 Å². The number of unbranched alkanes of at least 4 members (excludes halogenated alkanes) is 24. The van der Waals surface area contributed by atoms with Gasteiger partial charge in [-0.2, -0.15) is 0 Å². The molecule has 0 saturated heterocycles. The minimum atomic E-state index is -0.330. The van der Waals surface area contributed by atoms with Crippen LogP contribution in [0.2, 0.25) is 0 Å². The lowest BCUT2D eigenvalue weighted by atomic mass is 10.1. The molecule has 0 heterocycles. The average molecular weight is 1280 g/mol. The van der Waals surface area contributed by atoms with Crippen LogP contribution in [0.4, 0.5) is 0 Å². The highest BCUT2D eigenvalue weighted by atomic mass is 16.6. The zero-order valence-electron chi connectivity index (χ0n) is 59.9. The highest BCUT2D eigenvalue weighted by Crippen LogP contribution is 2.10. The smallest absolute Gasteiger partial charge is 0.333 e. The molecule has 0 N–H and O–H groups in total. The number of allylic oxidation sites excluding steroid dienone is 1. The predicted molar refractivity (Wildman–Crippen MR) is 378 cm³/mol. The third-order valence-electron chi connectivity index (χ3n) is 12.1. The second kappa shape index (κ2) is 94.7. The first-order chi connectivity index (χ1) is 43.3. The number of hydrogen-bond donors (Lipinski definition) is 0. The molecule has 0 aromatic carbocycles. The fourth-order valence-electron chi connectivity index (χ4n) is 6.60. The zero-order chi connectivity index (χ0) is 69.8. The second-order valence-corrected chi connectivity index (χ2v) is 21.4. The van der Waals surface area contributed by atoms with Crippen LogP contribution in [0.1, 0.15) is 267 Å². The molecular formula is C75H138O15. The molecular weight excluding hydrogens is 1140 g/mol. The van der Waals surface area contributed by atoms with Gasteiger partial charge in [-0.3, -0.25) is 0 Å². The van der Waals surface area contributed by atoms with Gasteiger partial charge in [0.2, 0.25) is 0 Å². The van der Waals surface area contributed by atoms with E-state index in [4.69, 9.17) is 37.9 Å². The van der Waals surface area contributed by atoms with Gasteiger partial charge >= 0.3 is 35.8 Å². The van der Waals surface area contributed by atoms with Gasteiger partial charge in [-0.1, -0.05) is 226 Å². The fourth-order valence-corrected chi connectivity index (χ4v) is 6.60. The first-order valence-electron chi connectivity index (χ1n) is 33.8. The molecule has 0 radical (unpaired) electrons. The summed E-state index contributed by atoms with van der Waals surface area (Å²) < 4.78 is 43.6. The number of rotatable bonds is 51. The van der Waals surface area contributed by atoms with E-state index in [9.17, 15) is 28.8 Å². The molecule has 0 fully saturated rings. The topological polar surface area (TPSA) is 185 Å². The maximum Gasteiger partial charge on any atom is 0.333 e. The minimum Gasteiger partial charge on any atom is -0.463 e. The zero-order valence-corrected chi connectivity index (χ0v) is 59.9. The summed E-state index contributed by atoms with van der Waals surface area (Å²) in [5, 5.41) is 0. The Morgan fingerprint density at radius 2 is 0.478 bits per heavy atom. The fraction of sp³-hybridized carbons (Fsp3) is 0.707. The molecule has 15 heteroatoms. The van der Waals surface area contributed by atoms with E-state index in [-0.39, 0.29) is 35.8 Å². The summed E-state index contributed by atoms with van der Waals surface area (Å²) >= 11 is 0. The summed E-state index contributed by atoms with van der Waals surface area (Å²) in [7, 11) is 5.19. The number of methoxy groups -OCH3 is 3. The van der Waals surface area contributed by atoms with Crippen molar-refractivity contribution in [3.05, 3.63) is 99.7 Å². The van der Waals surface area contributed by atoms with E-state index in [0.717, 1.165) is 116 Å². The van der Waals surface area contributed by atoms with Gasteiger partial charge in [-0.05, 0) is 91.4 Å². The monoisotopic (exact) mass is 1280 g/mol. The summed E-state index contributed by atoms with van der Waals surface area (Å²) in [4.78, 5) is 63.5. The molecule has 0 saturated carbocycles. The van der Waals surface area contributed by atoms with E-state index < -0.39 is 0 Å². The van der Waals surface area contributed by atoms with Crippen molar-refractivity contribution in [1.29, 1.82) is 0 Å². The van der Waals surface area contributed by atoms with Gasteiger partial charge in [0.1, 0.15) is 0 Å². The highest BCUT2D eigenvalue weighted by Gasteiger charge is 2.02. The van der Waals surface area contributed by atoms with Crippen LogP contribution in [0.25, 0.3) is 0 Å². The molecule has 0 aromatic rings. The predicted octanol–water partition coefficient (Wildman–Crippen LogP) is 19.7. The Labute approximate surface area is 552 Å². The average Bonchev–Trinajstić information content (AvgIpc) is 3.54. The van der Waals surface area contributed by atoms with Gasteiger partial charge in [-0.25, -0.2) is 28.8 Å². The standard InChI is InChI=1S/C13H24O3.C12H22O2.C10H18O2.C10H20O.C9H16O2.C8H14O2.C7H12O2.C6H12O/c1-12(2)13(14)16-11-9-7-5-4-6-8-10-15-3;1-3-5-6-7-8-9-10-11-14-12(13)4-2;1-3-5-6-7-8-9-12-10(11)4-2;1-10(2)8-6-4-5-7-9-11-3;1-3-5-6-7-8-11-9(10)4-2;1-3-5-6-7-10-8(9)4-2;1-3-5-6-9-7(8)4-2;1-6(2)4-5-7-3/h1,4-11H2,2-3H3;4H,2-3,5-11H2,1H3;4H,2-3,5-9H2,1H3;1,4-9H2,2-3H3;4H,2-3,5-8H2,1H3;4H,2-3,5-7H2,1H3;4H,2-3,5-6H2,1H3;1,4-5H2,2-3H3. The quantitative estimate of drug-likeness (QED) is 0.0184. The van der Waals surface area contributed by atoms with E-state index in [2.05, 4.69) is 92.0 Å². The van der Waals surface area contributed by atoms with Crippen LogP contribution in [-0.2, 0) is 71.4 Å². The molecule has 528 valence electrons. The van der Waals surface area contributed by atoms with Crippen molar-refractivity contribution in [1.82, 2.24) is 0 Å². The van der Waals surface area contributed by atoms with Crippen LogP contribution in [0, 0.1) is 0 Å². The molecule has 90 heavy (non-hydrogen) atoms. The highest BCUT2D eigenvalue weighted by molar-refractivity contribution is 5.87. The Balaban J connectivity index is -0.000000144. The van der Waals surface area contributed by atoms with Gasteiger partial charge in [0.05, 0.1) is 39.6 Å². The van der Waals surface area contributed by atoms with Crippen LogP contribution >= 0.6 is 0 Å². The normalized spacial score (nSPS) is 9.46. The third-order valence-corrected chi connectivity index (χ3v) is 12.1. The SMILES string of the molecule is C=C(C)C(=O)OCCCCCCCCOC.C=C(C)CCCCCCOC.C=C(C)CCOC.C=CC(=O)OCCCC.C=CC(=O)OCCCCC.C=CC(=O)OCCCCCC.C=CC(=O)OCCCCCCC.C=CC(=O)OCCCCCCCCC. The number of esters is 6. The number of carbonyl (C=O) groups is 6. The molecule has 0 bridgehead atoms. The summed E-state index contributed by atoms with van der Waals surface area (Å²) in [5.74, 6) is -1.87. The van der Waals surface area contributed by atoms with Crippen LogP contribution in [0.5, 0.6) is 0 Å². The lowest BCUT2D eigenvalue weighted by molar-refractivity contribution is -0.139. The van der Waals surface area contributed by atoms with Crippen LogP contribution < -0.4 is 0 Å². The Kier molecular flexibility index (Phi) is 106.